The fourth-order valence-electron chi connectivity index (χ4n) is 1.76. The van der Waals surface area contributed by atoms with E-state index >= 15 is 0 Å². The maximum absolute atomic E-state index is 12.0. The number of esters is 2. The minimum atomic E-state index is -0.494. The van der Waals surface area contributed by atoms with E-state index in [1.807, 2.05) is 6.92 Å². The van der Waals surface area contributed by atoms with Gasteiger partial charge < -0.3 is 9.47 Å². The maximum atomic E-state index is 12.0. The minimum Gasteiger partial charge on any atom is -0.462 e. The van der Waals surface area contributed by atoms with Crippen molar-refractivity contribution in [3.8, 4) is 0 Å². The molecule has 0 unspecified atom stereocenters. The number of rotatable bonds is 11. The highest BCUT2D eigenvalue weighted by molar-refractivity contribution is 5.91. The van der Waals surface area contributed by atoms with Crippen molar-refractivity contribution in [3.63, 3.8) is 0 Å². The fourth-order valence-corrected chi connectivity index (χ4v) is 1.76. The predicted octanol–water partition coefficient (Wildman–Crippen LogP) is 4.69. The molecular weight excluding hydrogens is 280 g/mol. The van der Waals surface area contributed by atoms with Crippen LogP contribution in [0.15, 0.2) is 23.5 Å². The zero-order chi connectivity index (χ0) is 17.0. The molecule has 0 heterocycles. The van der Waals surface area contributed by atoms with Crippen LogP contribution in [-0.4, -0.2) is 18.5 Å². The van der Waals surface area contributed by atoms with E-state index in [0.29, 0.717) is 29.9 Å². The second-order valence-corrected chi connectivity index (χ2v) is 5.52. The molecule has 0 N–H and O–H groups in total. The number of unbranched alkanes of at least 4 members (excludes halogenated alkanes) is 4. The van der Waals surface area contributed by atoms with Crippen LogP contribution in [0, 0.1) is 0 Å². The second-order valence-electron chi connectivity index (χ2n) is 5.52. The number of carbonyl (C=O) groups excluding carboxylic acids is 2. The van der Waals surface area contributed by atoms with Gasteiger partial charge in [0, 0.05) is 12.0 Å². The zero-order valence-corrected chi connectivity index (χ0v) is 14.5. The molecule has 0 atom stereocenters. The number of ether oxygens (including phenoxy) is 2. The van der Waals surface area contributed by atoms with E-state index in [9.17, 15) is 9.59 Å². The Kier molecular flexibility index (Phi) is 11.2. The lowest BCUT2D eigenvalue weighted by Crippen LogP contribution is -2.13. The molecule has 0 saturated carbocycles. The SMILES string of the molecule is C=C(C)C(=O)O/C(CCCCCC)=C(/C)C(=O)OCCCC. The molecular formula is C18H30O4. The summed E-state index contributed by atoms with van der Waals surface area (Å²) in [5.41, 5.74) is 0.695. The van der Waals surface area contributed by atoms with Gasteiger partial charge in [0.05, 0.1) is 12.2 Å². The largest absolute Gasteiger partial charge is 0.462 e. The number of allylic oxidation sites excluding steroid dienone is 1. The first kappa shape index (κ1) is 20.4. The van der Waals surface area contributed by atoms with Gasteiger partial charge in [0.1, 0.15) is 5.76 Å². The lowest BCUT2D eigenvalue weighted by atomic mass is 10.1. The van der Waals surface area contributed by atoms with Crippen LogP contribution in [0.1, 0.15) is 72.6 Å². The number of hydrogen-bond donors (Lipinski definition) is 0. The summed E-state index contributed by atoms with van der Waals surface area (Å²) in [6.07, 6.45) is 6.54. The third-order valence-corrected chi connectivity index (χ3v) is 3.28. The molecule has 0 aromatic rings. The molecule has 22 heavy (non-hydrogen) atoms. The van der Waals surface area contributed by atoms with Gasteiger partial charge in [-0.1, -0.05) is 46.1 Å². The third-order valence-electron chi connectivity index (χ3n) is 3.28. The fraction of sp³-hybridized carbons (Fsp3) is 0.667. The van der Waals surface area contributed by atoms with Gasteiger partial charge in [0.25, 0.3) is 0 Å². The van der Waals surface area contributed by atoms with Gasteiger partial charge in [-0.2, -0.15) is 0 Å². The van der Waals surface area contributed by atoms with E-state index in [4.69, 9.17) is 9.47 Å². The lowest BCUT2D eigenvalue weighted by Gasteiger charge is -2.12. The molecule has 4 nitrogen and oxygen atoms in total. The Balaban J connectivity index is 4.82. The van der Waals surface area contributed by atoms with E-state index < -0.39 is 11.9 Å². The van der Waals surface area contributed by atoms with Crippen LogP contribution in [-0.2, 0) is 19.1 Å². The van der Waals surface area contributed by atoms with Crippen LogP contribution in [0.3, 0.4) is 0 Å². The molecule has 0 aliphatic carbocycles. The van der Waals surface area contributed by atoms with Crippen molar-refractivity contribution >= 4 is 11.9 Å². The Hall–Kier alpha value is -1.58. The molecule has 0 saturated heterocycles. The molecule has 0 bridgehead atoms. The third kappa shape index (κ3) is 8.65. The molecule has 126 valence electrons. The molecule has 0 amide bonds. The first-order chi connectivity index (χ1) is 10.4. The first-order valence-corrected chi connectivity index (χ1v) is 8.18. The predicted molar refractivity (Wildman–Crippen MR) is 88.2 cm³/mol. The monoisotopic (exact) mass is 310 g/mol. The van der Waals surface area contributed by atoms with Crippen molar-refractivity contribution in [2.24, 2.45) is 0 Å². The molecule has 0 aliphatic rings. The molecule has 0 spiro atoms. The molecule has 0 aliphatic heterocycles. The van der Waals surface area contributed by atoms with Gasteiger partial charge >= 0.3 is 11.9 Å². The molecule has 0 aromatic carbocycles. The molecule has 4 heteroatoms. The molecule has 0 fully saturated rings. The summed E-state index contributed by atoms with van der Waals surface area (Å²) in [4.78, 5) is 23.7. The van der Waals surface area contributed by atoms with Crippen molar-refractivity contribution in [1.82, 2.24) is 0 Å². The van der Waals surface area contributed by atoms with Gasteiger partial charge in [-0.15, -0.1) is 0 Å². The molecule has 0 rings (SSSR count). The van der Waals surface area contributed by atoms with E-state index in [1.165, 1.54) is 0 Å². The Morgan fingerprint density at radius 2 is 1.55 bits per heavy atom. The van der Waals surface area contributed by atoms with Gasteiger partial charge in [-0.3, -0.25) is 0 Å². The first-order valence-electron chi connectivity index (χ1n) is 8.18. The van der Waals surface area contributed by atoms with Gasteiger partial charge in [-0.05, 0) is 26.7 Å². The highest BCUT2D eigenvalue weighted by atomic mass is 16.5. The molecule has 0 radical (unpaired) electrons. The van der Waals surface area contributed by atoms with E-state index in [-0.39, 0.29) is 0 Å². The quantitative estimate of drug-likeness (QED) is 0.240. The van der Waals surface area contributed by atoms with Crippen LogP contribution < -0.4 is 0 Å². The van der Waals surface area contributed by atoms with Crippen LogP contribution in [0.25, 0.3) is 0 Å². The summed E-state index contributed by atoms with van der Waals surface area (Å²) in [7, 11) is 0. The lowest BCUT2D eigenvalue weighted by molar-refractivity contribution is -0.139. The second kappa shape index (κ2) is 12.0. The van der Waals surface area contributed by atoms with Crippen molar-refractivity contribution in [1.29, 1.82) is 0 Å². The Bertz CT molecular complexity index is 407. The van der Waals surface area contributed by atoms with Gasteiger partial charge in [0.15, 0.2) is 0 Å². The van der Waals surface area contributed by atoms with Crippen molar-refractivity contribution < 1.29 is 19.1 Å². The van der Waals surface area contributed by atoms with Crippen LogP contribution >= 0.6 is 0 Å². The van der Waals surface area contributed by atoms with Crippen LogP contribution in [0.5, 0.6) is 0 Å². The summed E-state index contributed by atoms with van der Waals surface area (Å²) in [6, 6.07) is 0. The summed E-state index contributed by atoms with van der Waals surface area (Å²) < 4.78 is 10.5. The summed E-state index contributed by atoms with van der Waals surface area (Å²) >= 11 is 0. The van der Waals surface area contributed by atoms with Crippen molar-refractivity contribution in [2.75, 3.05) is 6.61 Å². The van der Waals surface area contributed by atoms with E-state index in [0.717, 1.165) is 38.5 Å². The van der Waals surface area contributed by atoms with Gasteiger partial charge in [-0.25, -0.2) is 9.59 Å². The number of carbonyl (C=O) groups is 2. The Morgan fingerprint density at radius 3 is 2.09 bits per heavy atom. The average Bonchev–Trinajstić information content (AvgIpc) is 2.49. The van der Waals surface area contributed by atoms with Crippen molar-refractivity contribution in [3.05, 3.63) is 23.5 Å². The maximum Gasteiger partial charge on any atom is 0.338 e. The molecule has 0 aromatic heterocycles. The Labute approximate surface area is 134 Å². The average molecular weight is 310 g/mol. The van der Waals surface area contributed by atoms with E-state index in [1.54, 1.807) is 13.8 Å². The van der Waals surface area contributed by atoms with E-state index in [2.05, 4.69) is 13.5 Å². The van der Waals surface area contributed by atoms with Crippen LogP contribution in [0.2, 0.25) is 0 Å². The highest BCUT2D eigenvalue weighted by Gasteiger charge is 2.17. The highest BCUT2D eigenvalue weighted by Crippen LogP contribution is 2.18. The minimum absolute atomic E-state index is 0.318. The topological polar surface area (TPSA) is 52.6 Å². The summed E-state index contributed by atoms with van der Waals surface area (Å²) in [6.45, 7) is 11.4. The zero-order valence-electron chi connectivity index (χ0n) is 14.5. The van der Waals surface area contributed by atoms with Gasteiger partial charge in [0.2, 0.25) is 0 Å². The smallest absolute Gasteiger partial charge is 0.338 e. The summed E-state index contributed by atoms with van der Waals surface area (Å²) in [5.74, 6) is -0.495. The number of hydrogen-bond acceptors (Lipinski definition) is 4. The normalized spacial score (nSPS) is 11.6. The standard InChI is InChI=1S/C18H30O4/c1-6-8-10-11-12-16(22-17(19)14(3)4)15(5)18(20)21-13-9-7-2/h3,6-13H2,1-2,4-5H3/b16-15-. The van der Waals surface area contributed by atoms with Crippen LogP contribution in [0.4, 0.5) is 0 Å². The van der Waals surface area contributed by atoms with Crippen molar-refractivity contribution in [2.45, 2.75) is 72.6 Å². The Morgan fingerprint density at radius 1 is 0.909 bits per heavy atom. The summed E-state index contributed by atoms with van der Waals surface area (Å²) in [5, 5.41) is 0.